The van der Waals surface area contributed by atoms with Crippen molar-refractivity contribution in [2.24, 2.45) is 5.92 Å². The standard InChI is InChI=1S/C12H14ClNO4S/c1-18-12(15)9-4-5-10(13)11(6-9)19(16,17)14-7-8-2-3-8/h4-6,8,14H,2-3,7H2,1H3. The molecular formula is C12H14ClNO4S. The van der Waals surface area contributed by atoms with E-state index in [1.54, 1.807) is 0 Å². The largest absolute Gasteiger partial charge is 0.465 e. The molecule has 1 aromatic carbocycles. The number of hydrogen-bond donors (Lipinski definition) is 1. The number of ether oxygens (including phenoxy) is 1. The molecule has 0 spiro atoms. The van der Waals surface area contributed by atoms with Crippen LogP contribution in [0.3, 0.4) is 0 Å². The Morgan fingerprint density at radius 2 is 2.16 bits per heavy atom. The van der Waals surface area contributed by atoms with E-state index in [0.29, 0.717) is 12.5 Å². The molecule has 5 nitrogen and oxygen atoms in total. The van der Waals surface area contributed by atoms with Crippen molar-refractivity contribution in [3.05, 3.63) is 28.8 Å². The SMILES string of the molecule is COC(=O)c1ccc(Cl)c(S(=O)(=O)NCC2CC2)c1. The predicted molar refractivity (Wildman–Crippen MR) is 70.7 cm³/mol. The first kappa shape index (κ1) is 14.3. The number of carbonyl (C=O) groups excluding carboxylic acids is 1. The second kappa shape index (κ2) is 5.48. The molecule has 1 aromatic rings. The minimum atomic E-state index is -3.70. The molecule has 7 heteroatoms. The number of sulfonamides is 1. The number of hydrogen-bond acceptors (Lipinski definition) is 4. The summed E-state index contributed by atoms with van der Waals surface area (Å²) in [4.78, 5) is 11.3. The van der Waals surface area contributed by atoms with E-state index in [0.717, 1.165) is 12.8 Å². The maximum atomic E-state index is 12.1. The van der Waals surface area contributed by atoms with Gasteiger partial charge in [-0.15, -0.1) is 0 Å². The third kappa shape index (κ3) is 3.46. The second-order valence-electron chi connectivity index (χ2n) is 4.43. The Labute approximate surface area is 117 Å². The van der Waals surface area contributed by atoms with Crippen LogP contribution in [-0.4, -0.2) is 28.0 Å². The van der Waals surface area contributed by atoms with Crippen molar-refractivity contribution in [2.45, 2.75) is 17.7 Å². The minimum absolute atomic E-state index is 0.0796. The zero-order valence-corrected chi connectivity index (χ0v) is 11.9. The smallest absolute Gasteiger partial charge is 0.337 e. The number of benzene rings is 1. The quantitative estimate of drug-likeness (QED) is 0.842. The van der Waals surface area contributed by atoms with Gasteiger partial charge in [-0.1, -0.05) is 11.6 Å². The van der Waals surface area contributed by atoms with E-state index < -0.39 is 16.0 Å². The molecular weight excluding hydrogens is 290 g/mol. The highest BCUT2D eigenvalue weighted by atomic mass is 35.5. The van der Waals surface area contributed by atoms with Crippen molar-refractivity contribution >= 4 is 27.6 Å². The molecule has 0 aromatic heterocycles. The molecule has 2 rings (SSSR count). The average Bonchev–Trinajstić information content (AvgIpc) is 3.20. The van der Waals surface area contributed by atoms with E-state index in [1.165, 1.54) is 25.3 Å². The van der Waals surface area contributed by atoms with Gasteiger partial charge in [0.15, 0.2) is 0 Å². The summed E-state index contributed by atoms with van der Waals surface area (Å²) in [5.74, 6) is -0.187. The predicted octanol–water partition coefficient (Wildman–Crippen LogP) is 1.81. The highest BCUT2D eigenvalue weighted by Gasteiger charge is 2.26. The van der Waals surface area contributed by atoms with Gasteiger partial charge in [0.2, 0.25) is 10.0 Å². The lowest BCUT2D eigenvalue weighted by molar-refractivity contribution is 0.0600. The summed E-state index contributed by atoms with van der Waals surface area (Å²) in [5, 5.41) is 0.0796. The van der Waals surface area contributed by atoms with Gasteiger partial charge in [-0.3, -0.25) is 0 Å². The zero-order chi connectivity index (χ0) is 14.0. The highest BCUT2D eigenvalue weighted by molar-refractivity contribution is 7.89. The fourth-order valence-corrected chi connectivity index (χ4v) is 3.22. The first-order valence-corrected chi connectivity index (χ1v) is 7.67. The fraction of sp³-hybridized carbons (Fsp3) is 0.417. The van der Waals surface area contributed by atoms with Crippen LogP contribution in [0.1, 0.15) is 23.2 Å². The lowest BCUT2D eigenvalue weighted by Gasteiger charge is -2.09. The highest BCUT2D eigenvalue weighted by Crippen LogP contribution is 2.29. The maximum Gasteiger partial charge on any atom is 0.337 e. The topological polar surface area (TPSA) is 72.5 Å². The average molecular weight is 304 g/mol. The normalized spacial score (nSPS) is 15.3. The van der Waals surface area contributed by atoms with Crippen LogP contribution >= 0.6 is 11.6 Å². The molecule has 0 heterocycles. The van der Waals surface area contributed by atoms with Gasteiger partial charge in [-0.2, -0.15) is 0 Å². The minimum Gasteiger partial charge on any atom is -0.465 e. The van der Waals surface area contributed by atoms with Crippen molar-refractivity contribution in [2.75, 3.05) is 13.7 Å². The molecule has 0 aliphatic heterocycles. The van der Waals surface area contributed by atoms with E-state index in [4.69, 9.17) is 11.6 Å². The third-order valence-electron chi connectivity index (χ3n) is 2.90. The monoisotopic (exact) mass is 303 g/mol. The summed E-state index contributed by atoms with van der Waals surface area (Å²) in [6.45, 7) is 0.404. The zero-order valence-electron chi connectivity index (χ0n) is 10.3. The molecule has 19 heavy (non-hydrogen) atoms. The molecule has 0 bridgehead atoms. The van der Waals surface area contributed by atoms with Gasteiger partial charge >= 0.3 is 5.97 Å². The first-order valence-electron chi connectivity index (χ1n) is 5.81. The lowest BCUT2D eigenvalue weighted by Crippen LogP contribution is -2.26. The molecule has 0 saturated heterocycles. The Balaban J connectivity index is 2.28. The molecule has 0 unspecified atom stereocenters. The number of esters is 1. The Morgan fingerprint density at radius 1 is 1.47 bits per heavy atom. The van der Waals surface area contributed by atoms with E-state index in [9.17, 15) is 13.2 Å². The fourth-order valence-electron chi connectivity index (χ4n) is 1.58. The van der Waals surface area contributed by atoms with Crippen LogP contribution in [0.15, 0.2) is 23.1 Å². The van der Waals surface area contributed by atoms with Crippen LogP contribution in [0.2, 0.25) is 5.02 Å². The van der Waals surface area contributed by atoms with Gasteiger partial charge in [0, 0.05) is 6.54 Å². The van der Waals surface area contributed by atoms with Crippen LogP contribution in [0.4, 0.5) is 0 Å². The van der Waals surface area contributed by atoms with Crippen molar-refractivity contribution in [1.29, 1.82) is 0 Å². The molecule has 1 aliphatic rings. The Bertz CT molecular complexity index is 596. The van der Waals surface area contributed by atoms with Crippen molar-refractivity contribution in [3.63, 3.8) is 0 Å². The van der Waals surface area contributed by atoms with Gasteiger partial charge in [0.25, 0.3) is 0 Å². The van der Waals surface area contributed by atoms with Gasteiger partial charge in [0.05, 0.1) is 17.7 Å². The van der Waals surface area contributed by atoms with E-state index in [2.05, 4.69) is 9.46 Å². The maximum absolute atomic E-state index is 12.1. The van der Waals surface area contributed by atoms with Crippen LogP contribution in [0.5, 0.6) is 0 Å². The Hall–Kier alpha value is -1.11. The van der Waals surface area contributed by atoms with E-state index >= 15 is 0 Å². The number of nitrogens with one attached hydrogen (secondary N) is 1. The lowest BCUT2D eigenvalue weighted by atomic mass is 10.2. The van der Waals surface area contributed by atoms with E-state index in [1.807, 2.05) is 0 Å². The molecule has 0 amide bonds. The third-order valence-corrected chi connectivity index (χ3v) is 4.81. The molecule has 104 valence electrons. The number of rotatable bonds is 5. The van der Waals surface area contributed by atoms with Gasteiger partial charge in [-0.25, -0.2) is 17.9 Å². The van der Waals surface area contributed by atoms with Crippen molar-refractivity contribution in [1.82, 2.24) is 4.72 Å². The second-order valence-corrected chi connectivity index (χ2v) is 6.57. The first-order chi connectivity index (χ1) is 8.94. The summed E-state index contributed by atoms with van der Waals surface area (Å²) in [5.41, 5.74) is 0.152. The summed E-state index contributed by atoms with van der Waals surface area (Å²) in [7, 11) is -2.47. The Morgan fingerprint density at radius 3 is 2.74 bits per heavy atom. The van der Waals surface area contributed by atoms with Gasteiger partial charge in [-0.05, 0) is 37.0 Å². The number of carbonyl (C=O) groups is 1. The van der Waals surface area contributed by atoms with Crippen LogP contribution in [0.25, 0.3) is 0 Å². The molecule has 1 fully saturated rings. The Kier molecular flexibility index (Phi) is 4.13. The molecule has 1 N–H and O–H groups in total. The molecule has 1 aliphatic carbocycles. The van der Waals surface area contributed by atoms with Crippen molar-refractivity contribution < 1.29 is 17.9 Å². The molecule has 0 atom stereocenters. The number of halogens is 1. The van der Waals surface area contributed by atoms with Crippen LogP contribution in [0, 0.1) is 5.92 Å². The van der Waals surface area contributed by atoms with Crippen molar-refractivity contribution in [3.8, 4) is 0 Å². The summed E-state index contributed by atoms with van der Waals surface area (Å²) < 4.78 is 31.3. The summed E-state index contributed by atoms with van der Waals surface area (Å²) >= 11 is 5.89. The molecule has 1 saturated carbocycles. The van der Waals surface area contributed by atoms with Gasteiger partial charge < -0.3 is 4.74 Å². The summed E-state index contributed by atoms with van der Waals surface area (Å²) in [6, 6.07) is 4.02. The number of methoxy groups -OCH3 is 1. The van der Waals surface area contributed by atoms with Gasteiger partial charge in [0.1, 0.15) is 4.90 Å². The molecule has 0 radical (unpaired) electrons. The van der Waals surface area contributed by atoms with Crippen LogP contribution in [-0.2, 0) is 14.8 Å². The van der Waals surface area contributed by atoms with Crippen LogP contribution < -0.4 is 4.72 Å². The van der Waals surface area contributed by atoms with E-state index in [-0.39, 0.29) is 15.5 Å². The summed E-state index contributed by atoms with van der Waals surface area (Å²) in [6.07, 6.45) is 2.08.